The van der Waals surface area contributed by atoms with E-state index in [1.807, 2.05) is 13.8 Å². The number of rotatable bonds is 9. The van der Waals surface area contributed by atoms with Crippen LogP contribution in [0.5, 0.6) is 0 Å². The molecule has 8 nitrogen and oxygen atoms in total. The third-order valence-corrected chi connectivity index (χ3v) is 8.37. The van der Waals surface area contributed by atoms with Crippen molar-refractivity contribution >= 4 is 5.71 Å². The minimum atomic E-state index is -0.594. The van der Waals surface area contributed by atoms with E-state index in [0.717, 1.165) is 12.8 Å². The van der Waals surface area contributed by atoms with Crippen LogP contribution >= 0.6 is 0 Å². The lowest BCUT2D eigenvalue weighted by molar-refractivity contribution is -0.311. The van der Waals surface area contributed by atoms with E-state index in [0.29, 0.717) is 12.1 Å². The zero-order valence-electron chi connectivity index (χ0n) is 21.6. The average molecular weight is 460 g/mol. The van der Waals surface area contributed by atoms with Crippen molar-refractivity contribution in [3.8, 4) is 0 Å². The van der Waals surface area contributed by atoms with Crippen LogP contribution in [0.15, 0.2) is 5.16 Å². The second-order valence-electron chi connectivity index (χ2n) is 9.69. The number of hydrogen-bond donors (Lipinski definition) is 1. The van der Waals surface area contributed by atoms with Gasteiger partial charge in [-0.2, -0.15) is 0 Å². The molecule has 188 valence electrons. The summed E-state index contributed by atoms with van der Waals surface area (Å²) in [6, 6.07) is 0. The van der Waals surface area contributed by atoms with E-state index in [2.05, 4.69) is 32.9 Å². The highest BCUT2D eigenvalue weighted by atomic mass is 16.7. The average Bonchev–Trinajstić information content (AvgIpc) is 2.79. The fourth-order valence-electron chi connectivity index (χ4n) is 6.34. The molecule has 2 heterocycles. The van der Waals surface area contributed by atoms with Crippen molar-refractivity contribution in [2.45, 2.75) is 96.8 Å². The smallest absolute Gasteiger partial charge is 0.187 e. The summed E-state index contributed by atoms with van der Waals surface area (Å²) in [5.41, 5.74) is -0.596. The first-order valence-electron chi connectivity index (χ1n) is 11.8. The molecule has 0 saturated carbocycles. The molecule has 2 aliphatic heterocycles. The van der Waals surface area contributed by atoms with E-state index in [1.54, 1.807) is 28.4 Å². The summed E-state index contributed by atoms with van der Waals surface area (Å²) in [7, 11) is 6.64. The first kappa shape index (κ1) is 27.5. The van der Waals surface area contributed by atoms with Gasteiger partial charge in [0, 0.05) is 34.9 Å². The molecule has 2 saturated heterocycles. The SMILES string of the molecule is CC[C@H]1[C@@H](C)[C@@H](/C(C[C@H]2O[C@H](OC)[C@](C)(OC)[C@@H](CC)[C@H]2C)=N\O)O[C@H](OC)[C@]1(C)OC. The molecule has 0 amide bonds. The van der Waals surface area contributed by atoms with Gasteiger partial charge in [-0.1, -0.05) is 45.7 Å². The van der Waals surface area contributed by atoms with Crippen LogP contribution in [0, 0.1) is 23.7 Å². The lowest BCUT2D eigenvalue weighted by Crippen LogP contribution is -2.62. The first-order valence-corrected chi connectivity index (χ1v) is 11.8. The Morgan fingerprint density at radius 2 is 1.31 bits per heavy atom. The Bertz CT molecular complexity index is 631. The van der Waals surface area contributed by atoms with Crippen molar-refractivity contribution in [1.29, 1.82) is 0 Å². The summed E-state index contributed by atoms with van der Waals surface area (Å²) in [6.45, 7) is 12.6. The highest BCUT2D eigenvalue weighted by molar-refractivity contribution is 5.89. The largest absolute Gasteiger partial charge is 0.411 e. The Kier molecular flexibility index (Phi) is 9.53. The third kappa shape index (κ3) is 4.59. The number of ether oxygens (including phenoxy) is 6. The number of hydrogen-bond acceptors (Lipinski definition) is 8. The van der Waals surface area contributed by atoms with E-state index >= 15 is 0 Å². The molecule has 0 aromatic carbocycles. The van der Waals surface area contributed by atoms with E-state index in [-0.39, 0.29) is 29.8 Å². The highest BCUT2D eigenvalue weighted by Gasteiger charge is 2.55. The number of nitrogens with zero attached hydrogens (tertiary/aromatic N) is 1. The third-order valence-electron chi connectivity index (χ3n) is 8.37. The van der Waals surface area contributed by atoms with Gasteiger partial charge >= 0.3 is 0 Å². The van der Waals surface area contributed by atoms with Gasteiger partial charge in [-0.15, -0.1) is 0 Å². The zero-order chi connectivity index (χ0) is 24.3. The van der Waals surface area contributed by atoms with Crippen LogP contribution in [-0.2, 0) is 28.4 Å². The molecule has 32 heavy (non-hydrogen) atoms. The fraction of sp³-hybridized carbons (Fsp3) is 0.958. The minimum Gasteiger partial charge on any atom is -0.411 e. The Labute approximate surface area is 193 Å². The van der Waals surface area contributed by atoms with Gasteiger partial charge in [0.2, 0.25) is 0 Å². The predicted molar refractivity (Wildman–Crippen MR) is 122 cm³/mol. The van der Waals surface area contributed by atoms with E-state index in [1.165, 1.54) is 0 Å². The molecule has 2 fully saturated rings. The molecular weight excluding hydrogens is 414 g/mol. The molecule has 0 bridgehead atoms. The summed E-state index contributed by atoms with van der Waals surface area (Å²) in [4.78, 5) is 0. The maximum absolute atomic E-state index is 10.0. The highest BCUT2D eigenvalue weighted by Crippen LogP contribution is 2.46. The Hall–Kier alpha value is -0.770. The van der Waals surface area contributed by atoms with E-state index in [9.17, 15) is 5.21 Å². The van der Waals surface area contributed by atoms with Crippen LogP contribution < -0.4 is 0 Å². The summed E-state index contributed by atoms with van der Waals surface area (Å²) < 4.78 is 35.8. The molecule has 2 aliphatic rings. The molecular formula is C24H45NO7. The molecule has 0 aromatic rings. The second kappa shape index (κ2) is 11.1. The maximum Gasteiger partial charge on any atom is 0.187 e. The minimum absolute atomic E-state index is 0.0607. The van der Waals surface area contributed by atoms with Crippen LogP contribution in [0.4, 0.5) is 0 Å². The second-order valence-corrected chi connectivity index (χ2v) is 9.69. The normalized spacial score (nSPS) is 45.8. The molecule has 0 unspecified atom stereocenters. The molecule has 10 atom stereocenters. The van der Waals surface area contributed by atoms with Gasteiger partial charge in [0.15, 0.2) is 12.6 Å². The first-order chi connectivity index (χ1) is 15.1. The molecule has 0 aromatic heterocycles. The number of methoxy groups -OCH3 is 4. The summed E-state index contributed by atoms with van der Waals surface area (Å²) in [5.74, 6) is 0.597. The molecule has 8 heteroatoms. The standard InChI is InChI=1S/C24H45NO7/c1-11-16-14(3)19(31-21(27-7)23(16,5)29-9)13-18(25-26)20-15(4)17(12-2)24(6,30-10)22(28-8)32-20/h14-17,19-22,26H,11-13H2,1-10H3/b25-18-/t14-,15-,16+,17+,19-,20+,21+,22+,23-,24-/m1/s1. The van der Waals surface area contributed by atoms with Crippen molar-refractivity contribution < 1.29 is 33.6 Å². The van der Waals surface area contributed by atoms with E-state index in [4.69, 9.17) is 28.4 Å². The van der Waals surface area contributed by atoms with Gasteiger partial charge in [0.25, 0.3) is 0 Å². The fourth-order valence-corrected chi connectivity index (χ4v) is 6.34. The topological polar surface area (TPSA) is 88.0 Å². The number of oxime groups is 1. The van der Waals surface area contributed by atoms with Crippen molar-refractivity contribution in [1.82, 2.24) is 0 Å². The molecule has 0 aliphatic carbocycles. The van der Waals surface area contributed by atoms with Crippen LogP contribution in [0.25, 0.3) is 0 Å². The van der Waals surface area contributed by atoms with Crippen molar-refractivity contribution in [3.63, 3.8) is 0 Å². The zero-order valence-corrected chi connectivity index (χ0v) is 21.6. The monoisotopic (exact) mass is 459 g/mol. The van der Waals surface area contributed by atoms with Crippen LogP contribution in [-0.4, -0.2) is 75.3 Å². The van der Waals surface area contributed by atoms with Gasteiger partial charge < -0.3 is 33.6 Å². The van der Waals surface area contributed by atoms with Gasteiger partial charge in [0.05, 0.1) is 11.8 Å². The summed E-state index contributed by atoms with van der Waals surface area (Å²) in [5, 5.41) is 13.7. The quantitative estimate of drug-likeness (QED) is 0.316. The molecule has 0 radical (unpaired) electrons. The Morgan fingerprint density at radius 3 is 1.72 bits per heavy atom. The van der Waals surface area contributed by atoms with Gasteiger partial charge in [-0.3, -0.25) is 0 Å². The van der Waals surface area contributed by atoms with Crippen LogP contribution in [0.1, 0.15) is 60.8 Å². The van der Waals surface area contributed by atoms with Crippen LogP contribution in [0.3, 0.4) is 0 Å². The van der Waals surface area contributed by atoms with Crippen molar-refractivity contribution in [2.75, 3.05) is 28.4 Å². The van der Waals surface area contributed by atoms with Gasteiger partial charge in [-0.05, 0) is 37.5 Å². The van der Waals surface area contributed by atoms with Crippen molar-refractivity contribution in [2.24, 2.45) is 28.8 Å². The summed E-state index contributed by atoms with van der Waals surface area (Å²) >= 11 is 0. The lowest BCUT2D eigenvalue weighted by atomic mass is 9.69. The van der Waals surface area contributed by atoms with Crippen molar-refractivity contribution in [3.05, 3.63) is 0 Å². The van der Waals surface area contributed by atoms with E-state index < -0.39 is 29.9 Å². The van der Waals surface area contributed by atoms with Gasteiger partial charge in [-0.25, -0.2) is 0 Å². The maximum atomic E-state index is 10.0. The molecule has 1 N–H and O–H groups in total. The Balaban J connectivity index is 2.31. The summed E-state index contributed by atoms with van der Waals surface area (Å²) in [6.07, 6.45) is 0.526. The van der Waals surface area contributed by atoms with Crippen LogP contribution in [0.2, 0.25) is 0 Å². The Morgan fingerprint density at radius 1 is 0.844 bits per heavy atom. The lowest BCUT2D eigenvalue weighted by Gasteiger charge is -2.53. The molecule has 0 spiro atoms. The predicted octanol–water partition coefficient (Wildman–Crippen LogP) is 4.08. The van der Waals surface area contributed by atoms with Gasteiger partial charge in [0.1, 0.15) is 17.3 Å². The molecule has 2 rings (SSSR count).